The third kappa shape index (κ3) is 21.9. The molecule has 684 valence electrons. The van der Waals surface area contributed by atoms with Crippen LogP contribution in [0.5, 0.6) is 0 Å². The number of ether oxygens (including phenoxy) is 9. The molecule has 3 unspecified atom stereocenters. The Morgan fingerprint density at radius 2 is 0.685 bits per heavy atom. The number of rotatable bonds is 29. The average Bonchev–Trinajstić information content (AvgIpc) is 1.63. The molecule has 21 atom stereocenters. The van der Waals surface area contributed by atoms with Gasteiger partial charge in [0.25, 0.3) is 16.7 Å². The topological polar surface area (TPSA) is 697 Å². The quantitative estimate of drug-likeness (QED) is 0.0239. The van der Waals surface area contributed by atoms with E-state index in [2.05, 4.69) is 74.8 Å². The first kappa shape index (κ1) is 92.3. The summed E-state index contributed by atoms with van der Waals surface area (Å²) in [7, 11) is -14.0. The van der Waals surface area contributed by atoms with Crippen LogP contribution in [0.3, 0.4) is 0 Å². The summed E-state index contributed by atoms with van der Waals surface area (Å²) in [6.45, 7) is 11.7. The van der Waals surface area contributed by atoms with Crippen LogP contribution in [0.4, 0.5) is 17.8 Å². The number of nitrogens with one attached hydrogen (secondary N) is 3. The first-order valence-corrected chi connectivity index (χ1v) is 44.3. The molecule has 127 heavy (non-hydrogen) atoms. The van der Waals surface area contributed by atoms with E-state index in [9.17, 15) is 66.7 Å². The number of phosphoric acid groups is 3. The number of esters is 2. The number of anilines is 3. The number of carbonyl (C=O) groups is 2. The molecule has 53 nitrogen and oxygen atoms in total. The van der Waals surface area contributed by atoms with Crippen molar-refractivity contribution in [2.24, 2.45) is 0 Å². The van der Waals surface area contributed by atoms with Crippen LogP contribution in [-0.4, -0.2) is 222 Å². The van der Waals surface area contributed by atoms with Crippen molar-refractivity contribution < 1.29 is 108 Å². The molecule has 0 bridgehead atoms. The predicted octanol–water partition coefficient (Wildman–Crippen LogP) is 1.90. The molecule has 6 fully saturated rings. The van der Waals surface area contributed by atoms with Gasteiger partial charge in [-0.05, 0) is 45.6 Å². The first-order chi connectivity index (χ1) is 60.5. The molecule has 56 heteroatoms. The van der Waals surface area contributed by atoms with Gasteiger partial charge in [-0.2, -0.15) is 15.0 Å². The summed E-state index contributed by atoms with van der Waals surface area (Å²) >= 11 is 0. The zero-order chi connectivity index (χ0) is 90.7. The van der Waals surface area contributed by atoms with E-state index in [-0.39, 0.29) is 90.9 Å². The Hall–Kier alpha value is -10.9. The Morgan fingerprint density at radius 3 is 0.984 bits per heavy atom. The van der Waals surface area contributed by atoms with Crippen molar-refractivity contribution in [3.8, 4) is 0 Å². The minimum absolute atomic E-state index is 0.0304. The number of aryl methyl sites for hydroxylation is 3. The highest BCUT2D eigenvalue weighted by Crippen LogP contribution is 2.53. The van der Waals surface area contributed by atoms with Crippen molar-refractivity contribution in [3.63, 3.8) is 0 Å². The van der Waals surface area contributed by atoms with Crippen LogP contribution in [0, 0.1) is 20.8 Å². The highest BCUT2D eigenvalue weighted by atomic mass is 31.2. The zero-order valence-corrected chi connectivity index (χ0v) is 71.7. The molecule has 6 saturated heterocycles. The molecule has 15 heterocycles. The molecule has 9 aromatic heterocycles. The minimum atomic E-state index is -4.69. The van der Waals surface area contributed by atoms with E-state index >= 15 is 0 Å². The monoisotopic (exact) mass is 1840 g/mol. The van der Waals surface area contributed by atoms with Crippen LogP contribution in [0.1, 0.15) is 153 Å². The van der Waals surface area contributed by atoms with Crippen LogP contribution in [0.15, 0.2) is 97.1 Å². The number of phosphoric ester groups is 3. The summed E-state index contributed by atoms with van der Waals surface area (Å²) in [5.41, 5.74) is 15.3. The molecule has 16 rings (SSSR count). The SMILES string of the molecule is CC[C@H]1O[C@@H](n2cnc(N)nc2=O)C[C@H]1OP(=O)(O)OC[C@H]1O[C@@H](n2cnc3c(=O)[nH]c(C)nc32)C[C@H]1OC(C)=O.CC[C@H]1O[C@@H](n2cnc(N)nc2=O)C[C@H]1OP(=O)(O)OC[C@H]1O[C@@H](n2cnc3c(=O)[nH]c(C)nc32)C[C@H]1OCc1ccccc1.CC[C@H]1O[C@@H](n2cnc3c(=O)[nH]c(C)nc32)C[C@H]1OP(=O)(O)OC[C@H]1O[C@@H](n2cnc(N)nc2=O)C[C@H]1OC(C)=O. The van der Waals surface area contributed by atoms with E-state index in [1.807, 2.05) is 44.2 Å². The summed E-state index contributed by atoms with van der Waals surface area (Å²) in [5, 5.41) is 0. The molecule has 0 saturated carbocycles. The maximum absolute atomic E-state index is 13.2. The van der Waals surface area contributed by atoms with Crippen molar-refractivity contribution in [2.45, 2.75) is 230 Å². The summed E-state index contributed by atoms with van der Waals surface area (Å²) in [6, 6.07) is 9.53. The van der Waals surface area contributed by atoms with Crippen LogP contribution in [0.25, 0.3) is 33.5 Å². The molecule has 1 aromatic carbocycles. The number of H-pyrrole nitrogens is 3. The fourth-order valence-electron chi connectivity index (χ4n) is 15.2. The van der Waals surface area contributed by atoms with Gasteiger partial charge in [-0.3, -0.25) is 78.5 Å². The van der Waals surface area contributed by atoms with Crippen molar-refractivity contribution in [1.29, 1.82) is 0 Å². The van der Waals surface area contributed by atoms with Gasteiger partial charge in [-0.15, -0.1) is 0 Å². The molecule has 10 aromatic rings. The molecule has 0 radical (unpaired) electrons. The van der Waals surface area contributed by atoms with E-state index in [1.54, 1.807) is 36.8 Å². The molecule has 0 aliphatic carbocycles. The molecule has 12 N–H and O–H groups in total. The molecular weight excluding hydrogens is 1750 g/mol. The maximum atomic E-state index is 13.2. The second-order valence-corrected chi connectivity index (χ2v) is 34.1. The number of nitrogens with zero attached hydrogens (tertiary/aromatic N) is 18. The van der Waals surface area contributed by atoms with E-state index in [0.29, 0.717) is 54.5 Å². The third-order valence-corrected chi connectivity index (χ3v) is 24.0. The number of benzene rings is 1. The van der Waals surface area contributed by atoms with Crippen LogP contribution in [0.2, 0.25) is 0 Å². The summed E-state index contributed by atoms with van der Waals surface area (Å²) in [6.07, 6.45) is -4.40. The average molecular weight is 1840 g/mol. The highest BCUT2D eigenvalue weighted by Gasteiger charge is 2.49. The normalized spacial score (nSPS) is 27.2. The lowest BCUT2D eigenvalue weighted by Gasteiger charge is -2.23. The smallest absolute Gasteiger partial charge is 0.460 e. The Balaban J connectivity index is 0.000000155. The minimum Gasteiger partial charge on any atom is -0.460 e. The number of fused-ring (bicyclic) bond motifs is 3. The van der Waals surface area contributed by atoms with Crippen LogP contribution in [-0.2, 0) is 99.7 Å². The molecule has 0 spiro atoms. The van der Waals surface area contributed by atoms with Crippen LogP contribution >= 0.6 is 23.5 Å². The number of hydrogen-bond donors (Lipinski definition) is 9. The third-order valence-electron chi connectivity index (χ3n) is 21.0. The Labute approximate surface area is 715 Å². The van der Waals surface area contributed by atoms with E-state index in [1.165, 1.54) is 50.1 Å². The van der Waals surface area contributed by atoms with Gasteiger partial charge < -0.3 is 89.5 Å². The fraction of sp³-hybridized carbons (Fsp3) is 0.549. The van der Waals surface area contributed by atoms with Crippen molar-refractivity contribution in [1.82, 2.24) is 102 Å². The number of nitrogens with two attached hydrogens (primary N) is 3. The zero-order valence-electron chi connectivity index (χ0n) is 69.0. The van der Waals surface area contributed by atoms with Gasteiger partial charge in [-0.1, -0.05) is 51.1 Å². The van der Waals surface area contributed by atoms with Gasteiger partial charge in [0.15, 0.2) is 33.5 Å². The van der Waals surface area contributed by atoms with E-state index < -0.39 is 187 Å². The van der Waals surface area contributed by atoms with Gasteiger partial charge in [0, 0.05) is 52.4 Å². The lowest BCUT2D eigenvalue weighted by atomic mass is 10.1. The van der Waals surface area contributed by atoms with Crippen molar-refractivity contribution >= 4 is 86.7 Å². The van der Waals surface area contributed by atoms with Gasteiger partial charge >= 0.3 is 52.5 Å². The number of carbonyl (C=O) groups excluding carboxylic acids is 2. The Morgan fingerprint density at radius 1 is 0.409 bits per heavy atom. The lowest BCUT2D eigenvalue weighted by Crippen LogP contribution is -2.31. The van der Waals surface area contributed by atoms with E-state index in [0.717, 1.165) is 25.6 Å². The fourth-order valence-corrected chi connectivity index (χ4v) is 18.1. The number of aromatic amines is 3. The van der Waals surface area contributed by atoms with Crippen molar-refractivity contribution in [3.05, 3.63) is 154 Å². The highest BCUT2D eigenvalue weighted by molar-refractivity contribution is 7.48. The second-order valence-electron chi connectivity index (χ2n) is 29.9. The summed E-state index contributed by atoms with van der Waals surface area (Å²) in [4.78, 5) is 184. The van der Waals surface area contributed by atoms with Gasteiger partial charge in [0.05, 0.1) is 88.1 Å². The number of aromatic nitrogens is 21. The van der Waals surface area contributed by atoms with Crippen molar-refractivity contribution in [2.75, 3.05) is 37.0 Å². The largest absolute Gasteiger partial charge is 0.472 e. The lowest BCUT2D eigenvalue weighted by molar-refractivity contribution is -0.151. The Bertz CT molecular complexity index is 6190. The summed E-state index contributed by atoms with van der Waals surface area (Å²) in [5.74, 6) is -0.610. The number of nitrogen functional groups attached to an aromatic ring is 3. The molecule has 6 aliphatic heterocycles. The second kappa shape index (κ2) is 39.0. The molecule has 6 aliphatic rings. The predicted molar refractivity (Wildman–Crippen MR) is 431 cm³/mol. The van der Waals surface area contributed by atoms with Crippen LogP contribution < -0.4 is 50.9 Å². The van der Waals surface area contributed by atoms with Gasteiger partial charge in [0.1, 0.15) is 104 Å². The standard InChI is InChI=1S/C27H33N8O9P.2C22H29N8O10P/c1-3-17-19(10-22(42-17)35-14-30-26(28)33-27(35)37)44-45(38,39)41-12-20-18(40-11-16-7-5-4-6-8-16)9-21(43-20)34-13-29-23-24(34)31-15(2)32-25(23)36;1-4-12-14(6-16(38-12)29-8-24-18-19(29)26-10(2)27-20(18)32)40-41(34,35)36-7-15-13(37-11(3)31)5-17(39-15)30-9-25-21(23)28-22(30)33;1-4-12-14(6-17(38-12)30-9-25-21(23)28-22(30)33)40-41(34,35)36-7-15-13(37-11(3)31)5-16(39-15)29-8-24-18-19(29)26-10(2)27-20(18)32/h4-8,13-14,17-22H,3,9-12H2,1-2H3,(H,38,39)(H2,28,33,37)(H,31,32,36);2*8-9,12-17H,4-7H2,1-3H3,(H,34,35)(H2,23,28,33)(H,26,27,32)/t17-,18-,19-,20-,21-,22-;2*12-,13-,14-,15-,16-,17-/m111/s1. The van der Waals surface area contributed by atoms with Gasteiger partial charge in [-0.25, -0.2) is 72.9 Å². The van der Waals surface area contributed by atoms with Gasteiger partial charge in [0.2, 0.25) is 17.8 Å². The Kier molecular flexibility index (Phi) is 28.3. The summed E-state index contributed by atoms with van der Waals surface area (Å²) < 4.78 is 132. The molecular formula is C71H91N24O29P3. The number of hydrogen-bond acceptors (Lipinski definition) is 41. The first-order valence-electron chi connectivity index (χ1n) is 39.8. The molecule has 0 amide bonds. The van der Waals surface area contributed by atoms with E-state index in [4.69, 9.17) is 87.0 Å². The maximum Gasteiger partial charge on any atom is 0.472 e. The number of imidazole rings is 3.